The van der Waals surface area contributed by atoms with Gasteiger partial charge in [0.05, 0.1) is 11.7 Å². The number of alkyl halides is 3. The van der Waals surface area contributed by atoms with Gasteiger partial charge in [-0.2, -0.15) is 0 Å². The Labute approximate surface area is 159 Å². The zero-order valence-corrected chi connectivity index (χ0v) is 15.2. The average molecular weight is 392 g/mol. The van der Waals surface area contributed by atoms with Gasteiger partial charge in [0.15, 0.2) is 0 Å². The number of rotatable bonds is 3. The molecule has 1 aromatic carbocycles. The predicted molar refractivity (Wildman–Crippen MR) is 94.2 cm³/mol. The number of hydrogen-bond acceptors (Lipinski definition) is 5. The van der Waals surface area contributed by atoms with Gasteiger partial charge in [-0.3, -0.25) is 10.1 Å². The first-order valence-corrected chi connectivity index (χ1v) is 8.98. The van der Waals surface area contributed by atoms with Crippen molar-refractivity contribution in [3.63, 3.8) is 0 Å². The summed E-state index contributed by atoms with van der Waals surface area (Å²) >= 11 is 0. The molecule has 1 N–H and O–H groups in total. The van der Waals surface area contributed by atoms with Gasteiger partial charge in [0.25, 0.3) is 0 Å². The first-order chi connectivity index (χ1) is 13.3. The van der Waals surface area contributed by atoms with Crippen LogP contribution in [0.2, 0.25) is 0 Å². The Bertz CT molecular complexity index is 905. The van der Waals surface area contributed by atoms with Crippen LogP contribution >= 0.6 is 0 Å². The van der Waals surface area contributed by atoms with Gasteiger partial charge in [-0.05, 0) is 37.5 Å². The van der Waals surface area contributed by atoms with Gasteiger partial charge in [-0.25, -0.2) is 9.97 Å². The second-order valence-electron chi connectivity index (χ2n) is 7.17. The molecule has 2 atom stereocenters. The first-order valence-electron chi connectivity index (χ1n) is 8.98. The first kappa shape index (κ1) is 18.7. The molecule has 0 radical (unpaired) electrons. The minimum Gasteiger partial charge on any atom is -0.406 e. The van der Waals surface area contributed by atoms with Gasteiger partial charge < -0.3 is 9.64 Å². The van der Waals surface area contributed by atoms with Crippen molar-refractivity contribution in [3.8, 4) is 17.0 Å². The van der Waals surface area contributed by atoms with Gasteiger partial charge >= 0.3 is 6.36 Å². The second-order valence-corrected chi connectivity index (χ2v) is 7.17. The SMILES string of the molecule is CN1CC[C@]2(CC[C@H](c3nccc(-c4cccc(OC(F)(F)F)c4)n3)N2)C1=O. The van der Waals surface area contributed by atoms with Crippen molar-refractivity contribution in [1.29, 1.82) is 0 Å². The van der Waals surface area contributed by atoms with E-state index in [1.807, 2.05) is 0 Å². The molecule has 0 unspecified atom stereocenters. The summed E-state index contributed by atoms with van der Waals surface area (Å²) < 4.78 is 41.4. The fourth-order valence-electron chi connectivity index (χ4n) is 3.92. The average Bonchev–Trinajstić information content (AvgIpc) is 3.21. The molecule has 1 aromatic heterocycles. The van der Waals surface area contributed by atoms with Crippen LogP contribution in [0.25, 0.3) is 11.3 Å². The van der Waals surface area contributed by atoms with Gasteiger partial charge in [0, 0.05) is 25.4 Å². The molecule has 2 aliphatic rings. The van der Waals surface area contributed by atoms with E-state index in [4.69, 9.17) is 0 Å². The zero-order chi connectivity index (χ0) is 19.9. The van der Waals surface area contributed by atoms with Crippen molar-refractivity contribution in [3.05, 3.63) is 42.4 Å². The molecule has 1 spiro atoms. The van der Waals surface area contributed by atoms with Crippen LogP contribution in [0.15, 0.2) is 36.5 Å². The highest BCUT2D eigenvalue weighted by Gasteiger charge is 2.50. The molecule has 4 rings (SSSR count). The monoisotopic (exact) mass is 392 g/mol. The topological polar surface area (TPSA) is 67.3 Å². The predicted octanol–water partition coefficient (Wildman–Crippen LogP) is 3.07. The molecular weight excluding hydrogens is 373 g/mol. The number of likely N-dealkylation sites (N-methyl/N-ethyl adjacent to an activating group) is 1. The van der Waals surface area contributed by atoms with Crippen LogP contribution in [0, 0.1) is 0 Å². The third-order valence-electron chi connectivity index (χ3n) is 5.29. The van der Waals surface area contributed by atoms with Gasteiger partial charge in [0.1, 0.15) is 17.1 Å². The van der Waals surface area contributed by atoms with Crippen LogP contribution in [0.5, 0.6) is 5.75 Å². The summed E-state index contributed by atoms with van der Waals surface area (Å²) in [5, 5.41) is 3.39. The maximum Gasteiger partial charge on any atom is 0.573 e. The van der Waals surface area contributed by atoms with Gasteiger partial charge in [0.2, 0.25) is 5.91 Å². The summed E-state index contributed by atoms with van der Waals surface area (Å²) in [6.45, 7) is 0.714. The third-order valence-corrected chi connectivity index (χ3v) is 5.29. The molecule has 2 saturated heterocycles. The summed E-state index contributed by atoms with van der Waals surface area (Å²) in [5.41, 5.74) is 0.434. The van der Waals surface area contributed by atoms with Crippen LogP contribution in [-0.2, 0) is 4.79 Å². The highest BCUT2D eigenvalue weighted by molar-refractivity contribution is 5.88. The van der Waals surface area contributed by atoms with E-state index < -0.39 is 11.9 Å². The number of ether oxygens (including phenoxy) is 1. The molecule has 0 aliphatic carbocycles. The lowest BCUT2D eigenvalue weighted by Crippen LogP contribution is -2.47. The molecule has 148 valence electrons. The molecule has 0 saturated carbocycles. The van der Waals surface area contributed by atoms with E-state index in [2.05, 4.69) is 20.0 Å². The number of carbonyl (C=O) groups excluding carboxylic acids is 1. The number of hydrogen-bond donors (Lipinski definition) is 1. The van der Waals surface area contributed by atoms with E-state index in [1.54, 1.807) is 30.3 Å². The van der Waals surface area contributed by atoms with E-state index in [-0.39, 0.29) is 17.7 Å². The fourth-order valence-corrected chi connectivity index (χ4v) is 3.92. The molecule has 2 aliphatic heterocycles. The third kappa shape index (κ3) is 3.54. The molecule has 9 heteroatoms. The largest absolute Gasteiger partial charge is 0.573 e. The molecule has 2 fully saturated rings. The number of nitrogens with zero attached hydrogens (tertiary/aromatic N) is 3. The lowest BCUT2D eigenvalue weighted by Gasteiger charge is -2.23. The van der Waals surface area contributed by atoms with Crippen LogP contribution in [-0.4, -0.2) is 46.3 Å². The van der Waals surface area contributed by atoms with E-state index >= 15 is 0 Å². The highest BCUT2D eigenvalue weighted by atomic mass is 19.4. The Morgan fingerprint density at radius 1 is 1.29 bits per heavy atom. The van der Waals surface area contributed by atoms with E-state index in [1.165, 1.54) is 18.2 Å². The van der Waals surface area contributed by atoms with Crippen molar-refractivity contribution >= 4 is 5.91 Å². The van der Waals surface area contributed by atoms with Crippen molar-refractivity contribution in [1.82, 2.24) is 20.2 Å². The van der Waals surface area contributed by atoms with E-state index in [0.717, 1.165) is 12.8 Å². The van der Waals surface area contributed by atoms with Crippen molar-refractivity contribution < 1.29 is 22.7 Å². The van der Waals surface area contributed by atoms with Crippen molar-refractivity contribution in [2.45, 2.75) is 37.2 Å². The van der Waals surface area contributed by atoms with E-state index in [9.17, 15) is 18.0 Å². The molecule has 2 aromatic rings. The summed E-state index contributed by atoms with van der Waals surface area (Å²) in [6.07, 6.45) is -0.998. The Balaban J connectivity index is 1.56. The maximum atomic E-state index is 12.5. The summed E-state index contributed by atoms with van der Waals surface area (Å²) in [4.78, 5) is 23.0. The van der Waals surface area contributed by atoms with Crippen LogP contribution in [0.4, 0.5) is 13.2 Å². The Kier molecular flexibility index (Phi) is 4.49. The summed E-state index contributed by atoms with van der Waals surface area (Å²) in [6, 6.07) is 7.13. The number of nitrogens with one attached hydrogen (secondary N) is 1. The zero-order valence-electron chi connectivity index (χ0n) is 15.2. The highest BCUT2D eigenvalue weighted by Crippen LogP contribution is 2.38. The lowest BCUT2D eigenvalue weighted by molar-refractivity contribution is -0.274. The Hall–Kier alpha value is -2.68. The smallest absolute Gasteiger partial charge is 0.406 e. The number of likely N-dealkylation sites (tertiary alicyclic amines) is 1. The summed E-state index contributed by atoms with van der Waals surface area (Å²) in [5.74, 6) is 0.310. The quantitative estimate of drug-likeness (QED) is 0.870. The number of benzene rings is 1. The number of amides is 1. The van der Waals surface area contributed by atoms with E-state index in [0.29, 0.717) is 30.0 Å². The number of carbonyl (C=O) groups is 1. The van der Waals surface area contributed by atoms with Crippen LogP contribution < -0.4 is 10.1 Å². The van der Waals surface area contributed by atoms with Crippen molar-refractivity contribution in [2.24, 2.45) is 0 Å². The van der Waals surface area contributed by atoms with Gasteiger partial charge in [-0.15, -0.1) is 13.2 Å². The van der Waals surface area contributed by atoms with Crippen molar-refractivity contribution in [2.75, 3.05) is 13.6 Å². The Morgan fingerprint density at radius 3 is 2.82 bits per heavy atom. The number of aromatic nitrogens is 2. The fraction of sp³-hybridized carbons (Fsp3) is 0.421. The molecule has 3 heterocycles. The standard InChI is InChI=1S/C19H19F3N4O2/c1-26-10-8-18(17(26)27)7-5-15(25-18)16-23-9-6-14(24-16)12-3-2-4-13(11-12)28-19(20,21)22/h2-4,6,9,11,15,25H,5,7-8,10H2,1H3/t15-,18-/m1/s1. The summed E-state index contributed by atoms with van der Waals surface area (Å²) in [7, 11) is 1.79. The maximum absolute atomic E-state index is 12.5. The molecule has 0 bridgehead atoms. The second kappa shape index (κ2) is 6.73. The Morgan fingerprint density at radius 2 is 2.11 bits per heavy atom. The minimum absolute atomic E-state index is 0.0863. The normalized spacial score (nSPS) is 24.9. The lowest BCUT2D eigenvalue weighted by atomic mass is 9.96. The molecule has 28 heavy (non-hydrogen) atoms. The van der Waals surface area contributed by atoms with Crippen LogP contribution in [0.1, 0.15) is 31.1 Å². The van der Waals surface area contributed by atoms with Gasteiger partial charge in [-0.1, -0.05) is 12.1 Å². The number of halogens is 3. The molecule has 1 amide bonds. The molecular formula is C19H19F3N4O2. The molecule has 6 nitrogen and oxygen atoms in total. The van der Waals surface area contributed by atoms with Crippen LogP contribution in [0.3, 0.4) is 0 Å². The minimum atomic E-state index is -4.75.